The molecule has 1 aromatic heterocycles. The summed E-state index contributed by atoms with van der Waals surface area (Å²) in [4.78, 5) is 13.7. The van der Waals surface area contributed by atoms with Crippen molar-refractivity contribution in [3.8, 4) is 0 Å². The average molecular weight is 252 g/mol. The largest absolute Gasteiger partial charge is 0.444 e. The van der Waals surface area contributed by atoms with Gasteiger partial charge in [-0.1, -0.05) is 0 Å². The minimum absolute atomic E-state index is 0.0149. The van der Waals surface area contributed by atoms with Crippen LogP contribution >= 0.6 is 0 Å². The molecular formula is C13H20N2O3. The van der Waals surface area contributed by atoms with Gasteiger partial charge in [0.2, 0.25) is 0 Å². The van der Waals surface area contributed by atoms with Crippen LogP contribution in [0.2, 0.25) is 0 Å². The zero-order valence-electron chi connectivity index (χ0n) is 11.1. The summed E-state index contributed by atoms with van der Waals surface area (Å²) in [5.74, 6) is 0. The topological polar surface area (TPSA) is 54.7 Å². The van der Waals surface area contributed by atoms with Crippen molar-refractivity contribution in [1.29, 1.82) is 0 Å². The fraction of sp³-hybridized carbons (Fsp3) is 0.615. The number of aliphatic hydroxyl groups is 1. The molecule has 1 unspecified atom stereocenters. The highest BCUT2D eigenvalue weighted by molar-refractivity contribution is 5.68. The van der Waals surface area contributed by atoms with Gasteiger partial charge in [-0.05, 0) is 32.9 Å². The van der Waals surface area contributed by atoms with Gasteiger partial charge in [-0.3, -0.25) is 0 Å². The summed E-state index contributed by atoms with van der Waals surface area (Å²) in [7, 11) is 0. The van der Waals surface area contributed by atoms with E-state index in [4.69, 9.17) is 4.74 Å². The Kier molecular flexibility index (Phi) is 3.34. The van der Waals surface area contributed by atoms with Crippen molar-refractivity contribution in [1.82, 2.24) is 9.47 Å². The molecule has 0 spiro atoms. The third-order valence-electron chi connectivity index (χ3n) is 2.91. The molecule has 0 fully saturated rings. The summed E-state index contributed by atoms with van der Waals surface area (Å²) in [5.41, 5.74) is 0.525. The van der Waals surface area contributed by atoms with E-state index in [1.807, 2.05) is 43.7 Å². The van der Waals surface area contributed by atoms with E-state index in [1.54, 1.807) is 4.90 Å². The molecule has 0 saturated heterocycles. The molecule has 2 rings (SSSR count). The minimum atomic E-state index is -0.495. The second kappa shape index (κ2) is 4.65. The second-order valence-electron chi connectivity index (χ2n) is 5.60. The maximum absolute atomic E-state index is 12.0. The Morgan fingerprint density at radius 3 is 2.89 bits per heavy atom. The van der Waals surface area contributed by atoms with Crippen LogP contribution in [0.1, 0.15) is 32.5 Å². The van der Waals surface area contributed by atoms with Gasteiger partial charge in [-0.2, -0.15) is 0 Å². The second-order valence-corrected chi connectivity index (χ2v) is 5.60. The molecule has 100 valence electrons. The van der Waals surface area contributed by atoms with Gasteiger partial charge in [-0.15, -0.1) is 0 Å². The molecule has 1 N–H and O–H groups in total. The Bertz CT molecular complexity index is 434. The Morgan fingerprint density at radius 2 is 2.28 bits per heavy atom. The number of nitrogens with zero attached hydrogens (tertiary/aromatic N) is 2. The van der Waals surface area contributed by atoms with E-state index >= 15 is 0 Å². The summed E-state index contributed by atoms with van der Waals surface area (Å²) in [5, 5.41) is 9.39. The van der Waals surface area contributed by atoms with Crippen molar-refractivity contribution in [3.05, 3.63) is 24.0 Å². The van der Waals surface area contributed by atoms with E-state index in [1.165, 1.54) is 0 Å². The summed E-state index contributed by atoms with van der Waals surface area (Å²) in [6, 6.07) is 3.80. The van der Waals surface area contributed by atoms with Crippen LogP contribution in [0.15, 0.2) is 18.3 Å². The number of ether oxygens (including phenoxy) is 1. The van der Waals surface area contributed by atoms with Crippen LogP contribution in [0.3, 0.4) is 0 Å². The van der Waals surface area contributed by atoms with E-state index < -0.39 is 5.60 Å². The van der Waals surface area contributed by atoms with Crippen LogP contribution in [0.25, 0.3) is 0 Å². The van der Waals surface area contributed by atoms with Crippen LogP contribution in [-0.2, 0) is 11.3 Å². The molecule has 0 aromatic carbocycles. The van der Waals surface area contributed by atoms with Gasteiger partial charge >= 0.3 is 6.09 Å². The molecular weight excluding hydrogens is 232 g/mol. The quantitative estimate of drug-likeness (QED) is 0.828. The number of fused-ring (bicyclic) bond motifs is 1. The molecule has 5 heteroatoms. The third kappa shape index (κ3) is 2.67. The monoisotopic (exact) mass is 252 g/mol. The summed E-state index contributed by atoms with van der Waals surface area (Å²) >= 11 is 0. The van der Waals surface area contributed by atoms with Crippen molar-refractivity contribution >= 4 is 6.09 Å². The minimum Gasteiger partial charge on any atom is -0.444 e. The molecule has 18 heavy (non-hydrogen) atoms. The zero-order valence-corrected chi connectivity index (χ0v) is 11.1. The van der Waals surface area contributed by atoms with Crippen molar-refractivity contribution in [2.45, 2.75) is 39.0 Å². The highest BCUT2D eigenvalue weighted by Crippen LogP contribution is 2.23. The number of carbonyl (C=O) groups excluding carboxylic acids is 1. The lowest BCUT2D eigenvalue weighted by Crippen LogP contribution is -2.44. The number of rotatable bonds is 1. The molecule has 5 nitrogen and oxygen atoms in total. The molecule has 1 aliphatic heterocycles. The Hall–Kier alpha value is -1.49. The maximum atomic E-state index is 12.0. The zero-order chi connectivity index (χ0) is 13.3. The average Bonchev–Trinajstić information content (AvgIpc) is 2.73. The molecule has 1 amide bonds. The predicted molar refractivity (Wildman–Crippen MR) is 67.2 cm³/mol. The summed E-state index contributed by atoms with van der Waals surface area (Å²) in [6.45, 7) is 6.57. The predicted octanol–water partition coefficient (Wildman–Crippen LogP) is 1.77. The molecule has 0 radical (unpaired) electrons. The fourth-order valence-corrected chi connectivity index (χ4v) is 2.13. The van der Waals surface area contributed by atoms with Crippen LogP contribution < -0.4 is 0 Å². The van der Waals surface area contributed by atoms with Gasteiger partial charge in [0.05, 0.1) is 19.2 Å². The summed E-state index contributed by atoms with van der Waals surface area (Å²) in [6.07, 6.45) is 1.61. The van der Waals surface area contributed by atoms with Crippen LogP contribution in [0, 0.1) is 0 Å². The Labute approximate surface area is 107 Å². The van der Waals surface area contributed by atoms with E-state index in [0.29, 0.717) is 13.1 Å². The van der Waals surface area contributed by atoms with Gasteiger partial charge in [-0.25, -0.2) is 4.79 Å². The van der Waals surface area contributed by atoms with E-state index in [2.05, 4.69) is 0 Å². The number of amides is 1. The smallest absolute Gasteiger partial charge is 0.410 e. The normalized spacial score (nSPS) is 19.6. The van der Waals surface area contributed by atoms with Gasteiger partial charge in [0.25, 0.3) is 0 Å². The van der Waals surface area contributed by atoms with Crippen LogP contribution in [0.5, 0.6) is 0 Å². The molecule has 0 aliphatic carbocycles. The van der Waals surface area contributed by atoms with Crippen LogP contribution in [-0.4, -0.2) is 39.4 Å². The van der Waals surface area contributed by atoms with Gasteiger partial charge < -0.3 is 19.3 Å². The molecule has 1 atom stereocenters. The molecule has 0 saturated carbocycles. The third-order valence-corrected chi connectivity index (χ3v) is 2.91. The summed E-state index contributed by atoms with van der Waals surface area (Å²) < 4.78 is 7.37. The van der Waals surface area contributed by atoms with Gasteiger partial charge in [0.15, 0.2) is 0 Å². The SMILES string of the molecule is CC(C)(C)OC(=O)N1Cc2cccn2C(CO)C1. The molecule has 2 heterocycles. The highest BCUT2D eigenvalue weighted by Gasteiger charge is 2.29. The highest BCUT2D eigenvalue weighted by atomic mass is 16.6. The lowest BCUT2D eigenvalue weighted by Gasteiger charge is -2.35. The number of carbonyl (C=O) groups is 1. The first kappa shape index (κ1) is 13.0. The van der Waals surface area contributed by atoms with Crippen molar-refractivity contribution in [3.63, 3.8) is 0 Å². The Balaban J connectivity index is 2.12. The molecule has 1 aromatic rings. The van der Waals surface area contributed by atoms with Crippen LogP contribution in [0.4, 0.5) is 4.79 Å². The number of hydrogen-bond acceptors (Lipinski definition) is 3. The number of aromatic nitrogens is 1. The lowest BCUT2D eigenvalue weighted by molar-refractivity contribution is 0.0140. The molecule has 0 bridgehead atoms. The Morgan fingerprint density at radius 1 is 1.56 bits per heavy atom. The van der Waals surface area contributed by atoms with E-state index in [0.717, 1.165) is 5.69 Å². The first-order valence-corrected chi connectivity index (χ1v) is 6.15. The van der Waals surface area contributed by atoms with Gasteiger partial charge in [0.1, 0.15) is 5.60 Å². The van der Waals surface area contributed by atoms with Crippen molar-refractivity contribution < 1.29 is 14.6 Å². The first-order valence-electron chi connectivity index (χ1n) is 6.15. The van der Waals surface area contributed by atoms with Crippen molar-refractivity contribution in [2.24, 2.45) is 0 Å². The molecule has 1 aliphatic rings. The first-order chi connectivity index (χ1) is 8.40. The standard InChI is InChI=1S/C13H20N2O3/c1-13(2,3)18-12(17)14-7-10-5-4-6-15(10)11(8-14)9-16/h4-6,11,16H,7-9H2,1-3H3. The van der Waals surface area contributed by atoms with Crippen molar-refractivity contribution in [2.75, 3.05) is 13.2 Å². The number of aliphatic hydroxyl groups excluding tert-OH is 1. The number of hydrogen-bond donors (Lipinski definition) is 1. The van der Waals surface area contributed by atoms with Gasteiger partial charge in [0, 0.05) is 18.4 Å². The maximum Gasteiger partial charge on any atom is 0.410 e. The lowest BCUT2D eigenvalue weighted by atomic mass is 10.2. The van der Waals surface area contributed by atoms with E-state index in [-0.39, 0.29) is 18.7 Å². The van der Waals surface area contributed by atoms with E-state index in [9.17, 15) is 9.90 Å². The fourth-order valence-electron chi connectivity index (χ4n) is 2.13.